The number of carbonyl (C=O) groups excluding carboxylic acids is 1. The molecular formula is C24H23ClN2O5S2. The minimum absolute atomic E-state index is 0.136. The van der Waals surface area contributed by atoms with Crippen molar-refractivity contribution < 1.29 is 22.7 Å². The van der Waals surface area contributed by atoms with Crippen molar-refractivity contribution in [2.24, 2.45) is 0 Å². The van der Waals surface area contributed by atoms with Gasteiger partial charge in [0.1, 0.15) is 0 Å². The first-order chi connectivity index (χ1) is 16.4. The molecule has 0 saturated heterocycles. The highest BCUT2D eigenvalue weighted by Crippen LogP contribution is 2.34. The first kappa shape index (κ1) is 23.2. The van der Waals surface area contributed by atoms with Gasteiger partial charge in [0.15, 0.2) is 11.5 Å². The lowest BCUT2D eigenvalue weighted by molar-refractivity contribution is -0.132. The van der Waals surface area contributed by atoms with Gasteiger partial charge < -0.3 is 14.4 Å². The average Bonchev–Trinajstić information content (AvgIpc) is 3.31. The average molecular weight is 519 g/mol. The van der Waals surface area contributed by atoms with E-state index in [1.807, 2.05) is 35.7 Å². The van der Waals surface area contributed by atoms with Crippen molar-refractivity contribution in [2.75, 3.05) is 13.3 Å². The van der Waals surface area contributed by atoms with Crippen molar-refractivity contribution in [2.45, 2.75) is 36.9 Å². The number of hydrogen-bond acceptors (Lipinski definition) is 6. The largest absolute Gasteiger partial charge is 0.454 e. The zero-order valence-electron chi connectivity index (χ0n) is 18.2. The van der Waals surface area contributed by atoms with Gasteiger partial charge in [0, 0.05) is 22.5 Å². The molecule has 5 rings (SSSR count). The number of fused-ring (bicyclic) bond motifs is 1. The van der Waals surface area contributed by atoms with Crippen LogP contribution in [0.1, 0.15) is 23.3 Å². The summed E-state index contributed by atoms with van der Waals surface area (Å²) >= 11 is 7.49. The molecule has 0 bridgehead atoms. The summed E-state index contributed by atoms with van der Waals surface area (Å²) in [5, 5.41) is 2.42. The molecule has 2 aromatic carbocycles. The number of halogens is 1. The molecule has 1 aliphatic carbocycles. The molecular weight excluding hydrogens is 496 g/mol. The van der Waals surface area contributed by atoms with Gasteiger partial charge in [0.2, 0.25) is 22.7 Å². The standard InChI is InChI=1S/C24H23ClN2O5S2/c25-18-4-8-21(9-5-18)34(29,30)27(19-6-7-19)15-24(28)26(14-20-2-1-11-33-20)13-17-3-10-22-23(12-17)32-16-31-22/h1-5,8-12,19H,6-7,13-16H2. The Morgan fingerprint density at radius 2 is 1.79 bits per heavy atom. The number of hydrogen-bond donors (Lipinski definition) is 0. The molecule has 0 atom stereocenters. The maximum absolute atomic E-state index is 13.5. The molecule has 0 N–H and O–H groups in total. The maximum atomic E-state index is 13.5. The van der Waals surface area contributed by atoms with Crippen LogP contribution in [-0.4, -0.2) is 42.9 Å². The Balaban J connectivity index is 1.39. The van der Waals surface area contributed by atoms with Gasteiger partial charge in [-0.15, -0.1) is 11.3 Å². The van der Waals surface area contributed by atoms with E-state index in [0.29, 0.717) is 29.6 Å². The number of amides is 1. The summed E-state index contributed by atoms with van der Waals surface area (Å²) in [6.07, 6.45) is 1.49. The fourth-order valence-corrected chi connectivity index (χ4v) is 6.31. The van der Waals surface area contributed by atoms with E-state index in [9.17, 15) is 13.2 Å². The fraction of sp³-hybridized carbons (Fsp3) is 0.292. The molecule has 178 valence electrons. The molecule has 0 radical (unpaired) electrons. The lowest BCUT2D eigenvalue weighted by atomic mass is 10.2. The number of sulfonamides is 1. The summed E-state index contributed by atoms with van der Waals surface area (Å²) in [6, 6.07) is 15.4. The number of ether oxygens (including phenoxy) is 2. The Morgan fingerprint density at radius 1 is 1.03 bits per heavy atom. The summed E-state index contributed by atoms with van der Waals surface area (Å²) in [5.74, 6) is 1.07. The van der Waals surface area contributed by atoms with Crippen molar-refractivity contribution >= 4 is 38.9 Å². The van der Waals surface area contributed by atoms with Crippen molar-refractivity contribution in [3.63, 3.8) is 0 Å². The third-order valence-electron chi connectivity index (χ3n) is 5.76. The van der Waals surface area contributed by atoms with E-state index in [1.54, 1.807) is 28.4 Å². The number of thiophene rings is 1. The predicted molar refractivity (Wildman–Crippen MR) is 130 cm³/mol. The first-order valence-corrected chi connectivity index (χ1v) is 13.6. The van der Waals surface area contributed by atoms with Crippen LogP contribution in [0.2, 0.25) is 5.02 Å². The summed E-state index contributed by atoms with van der Waals surface area (Å²) in [6.45, 7) is 0.679. The van der Waals surface area contributed by atoms with E-state index in [4.69, 9.17) is 21.1 Å². The van der Waals surface area contributed by atoms with Crippen LogP contribution in [0.5, 0.6) is 11.5 Å². The van der Waals surface area contributed by atoms with E-state index in [1.165, 1.54) is 16.4 Å². The second-order valence-electron chi connectivity index (χ2n) is 8.25. The molecule has 1 aromatic heterocycles. The molecule has 1 aliphatic heterocycles. The second kappa shape index (κ2) is 9.58. The Hall–Kier alpha value is -2.59. The topological polar surface area (TPSA) is 76.2 Å². The number of nitrogens with zero attached hydrogens (tertiary/aromatic N) is 2. The van der Waals surface area contributed by atoms with E-state index in [2.05, 4.69) is 0 Å². The molecule has 1 amide bonds. The van der Waals surface area contributed by atoms with Crippen LogP contribution in [0.25, 0.3) is 0 Å². The molecule has 34 heavy (non-hydrogen) atoms. The zero-order valence-corrected chi connectivity index (χ0v) is 20.6. The van der Waals surface area contributed by atoms with Gasteiger partial charge in [0.25, 0.3) is 0 Å². The van der Waals surface area contributed by atoms with E-state index in [-0.39, 0.29) is 30.2 Å². The van der Waals surface area contributed by atoms with Crippen molar-refractivity contribution in [1.29, 1.82) is 0 Å². The van der Waals surface area contributed by atoms with E-state index in [0.717, 1.165) is 23.3 Å². The molecule has 0 spiro atoms. The number of benzene rings is 2. The van der Waals surface area contributed by atoms with Gasteiger partial charge >= 0.3 is 0 Å². The highest BCUT2D eigenvalue weighted by molar-refractivity contribution is 7.89. The Bertz CT molecular complexity index is 1280. The molecule has 2 aliphatic rings. The predicted octanol–water partition coefficient (Wildman–Crippen LogP) is 4.51. The third-order valence-corrected chi connectivity index (χ3v) is 8.78. The Labute approximate surface area is 207 Å². The highest BCUT2D eigenvalue weighted by Gasteiger charge is 2.40. The monoisotopic (exact) mass is 518 g/mol. The highest BCUT2D eigenvalue weighted by atomic mass is 35.5. The Kier molecular flexibility index (Phi) is 6.52. The normalized spacial score (nSPS) is 15.0. The smallest absolute Gasteiger partial charge is 0.243 e. The van der Waals surface area contributed by atoms with Crippen LogP contribution in [0.4, 0.5) is 0 Å². The molecule has 2 heterocycles. The minimum Gasteiger partial charge on any atom is -0.454 e. The van der Waals surface area contributed by atoms with Crippen LogP contribution in [0, 0.1) is 0 Å². The van der Waals surface area contributed by atoms with Gasteiger partial charge in [-0.3, -0.25) is 4.79 Å². The van der Waals surface area contributed by atoms with Gasteiger partial charge in [-0.1, -0.05) is 23.7 Å². The zero-order chi connectivity index (χ0) is 23.7. The van der Waals surface area contributed by atoms with Gasteiger partial charge in [-0.05, 0) is 66.2 Å². The quantitative estimate of drug-likeness (QED) is 0.416. The lowest BCUT2D eigenvalue weighted by Gasteiger charge is -2.27. The summed E-state index contributed by atoms with van der Waals surface area (Å²) in [4.78, 5) is 16.4. The van der Waals surface area contributed by atoms with Crippen molar-refractivity contribution in [1.82, 2.24) is 9.21 Å². The number of rotatable bonds is 9. The molecule has 3 aromatic rings. The Morgan fingerprint density at radius 3 is 2.50 bits per heavy atom. The van der Waals surface area contributed by atoms with Crippen molar-refractivity contribution in [3.8, 4) is 11.5 Å². The van der Waals surface area contributed by atoms with E-state index >= 15 is 0 Å². The molecule has 1 saturated carbocycles. The number of carbonyl (C=O) groups is 1. The minimum atomic E-state index is -3.83. The van der Waals surface area contributed by atoms with Crippen LogP contribution >= 0.6 is 22.9 Å². The van der Waals surface area contributed by atoms with Crippen LogP contribution < -0.4 is 9.47 Å². The lowest BCUT2D eigenvalue weighted by Crippen LogP contribution is -2.43. The van der Waals surface area contributed by atoms with Gasteiger partial charge in [0.05, 0.1) is 18.0 Å². The van der Waals surface area contributed by atoms with Crippen LogP contribution in [-0.2, 0) is 27.9 Å². The second-order valence-corrected chi connectivity index (χ2v) is 11.6. The summed E-state index contributed by atoms with van der Waals surface area (Å²) in [5.41, 5.74) is 0.882. The van der Waals surface area contributed by atoms with Gasteiger partial charge in [-0.25, -0.2) is 8.42 Å². The van der Waals surface area contributed by atoms with Gasteiger partial charge in [-0.2, -0.15) is 4.31 Å². The summed E-state index contributed by atoms with van der Waals surface area (Å²) in [7, 11) is -3.83. The molecule has 0 unspecified atom stereocenters. The third kappa shape index (κ3) is 5.07. The molecule has 1 fully saturated rings. The van der Waals surface area contributed by atoms with Crippen LogP contribution in [0.15, 0.2) is 64.9 Å². The van der Waals surface area contributed by atoms with E-state index < -0.39 is 10.0 Å². The first-order valence-electron chi connectivity index (χ1n) is 10.9. The van der Waals surface area contributed by atoms with Crippen molar-refractivity contribution in [3.05, 3.63) is 75.4 Å². The molecule has 10 heteroatoms. The SMILES string of the molecule is O=C(CN(C1CC1)S(=O)(=O)c1ccc(Cl)cc1)N(Cc1ccc2c(c1)OCO2)Cc1cccs1. The summed E-state index contributed by atoms with van der Waals surface area (Å²) < 4.78 is 38.9. The van der Waals surface area contributed by atoms with Crippen LogP contribution in [0.3, 0.4) is 0 Å². The molecule has 7 nitrogen and oxygen atoms in total. The fourth-order valence-electron chi connectivity index (χ4n) is 3.83. The maximum Gasteiger partial charge on any atom is 0.243 e.